The normalized spacial score (nSPS) is 10.6. The monoisotopic (exact) mass is 345 g/mol. The van der Waals surface area contributed by atoms with Gasteiger partial charge in [0.25, 0.3) is 0 Å². The number of ketones is 1. The standard InChI is InChI=1S/C17H23N5O3/c1-11(2)13(23)8-6-12-7-9-14(18)22(21-12)15(19)10-20-16(24)25-17(3,4)5/h7,9,11,18-19H,10H2,1-5H3,(H,20,24). The minimum atomic E-state index is -0.664. The van der Waals surface area contributed by atoms with Gasteiger partial charge in [0.1, 0.15) is 22.6 Å². The molecule has 3 N–H and O–H groups in total. The fourth-order valence-corrected chi connectivity index (χ4v) is 1.51. The number of alkyl carbamates (subject to hydrolysis) is 1. The Labute approximate surface area is 146 Å². The van der Waals surface area contributed by atoms with Gasteiger partial charge < -0.3 is 10.1 Å². The number of rotatable bonds is 3. The summed E-state index contributed by atoms with van der Waals surface area (Å²) in [6, 6.07) is 2.91. The van der Waals surface area contributed by atoms with Crippen LogP contribution < -0.4 is 10.8 Å². The SMILES string of the molecule is CC(C)C(=O)C#Cc1ccc(=N)n(C(=N)CNC(=O)OC(C)(C)C)n1. The van der Waals surface area contributed by atoms with Gasteiger partial charge >= 0.3 is 6.09 Å². The molecule has 0 aliphatic carbocycles. The Balaban J connectivity index is 2.85. The highest BCUT2D eigenvalue weighted by Gasteiger charge is 2.16. The summed E-state index contributed by atoms with van der Waals surface area (Å²) in [5.74, 6) is 4.54. The van der Waals surface area contributed by atoms with Gasteiger partial charge in [0.2, 0.25) is 5.78 Å². The number of nitrogens with zero attached hydrogens (tertiary/aromatic N) is 2. The third kappa shape index (κ3) is 6.99. The topological polar surface area (TPSA) is 121 Å². The Morgan fingerprint density at radius 3 is 2.56 bits per heavy atom. The number of ether oxygens (including phenoxy) is 1. The van der Waals surface area contributed by atoms with Crippen molar-refractivity contribution in [1.82, 2.24) is 15.1 Å². The number of Topliss-reactive ketones (excluding diaryl/α,β-unsaturated/α-hetero) is 1. The van der Waals surface area contributed by atoms with E-state index in [-0.39, 0.29) is 35.3 Å². The zero-order valence-electron chi connectivity index (χ0n) is 15.1. The van der Waals surface area contributed by atoms with Gasteiger partial charge in [-0.2, -0.15) is 9.78 Å². The Bertz CT molecular complexity index is 791. The van der Waals surface area contributed by atoms with Crippen molar-refractivity contribution in [2.24, 2.45) is 5.92 Å². The molecule has 0 aliphatic rings. The molecule has 25 heavy (non-hydrogen) atoms. The minimum Gasteiger partial charge on any atom is -0.444 e. The molecule has 0 aromatic carbocycles. The summed E-state index contributed by atoms with van der Waals surface area (Å²) in [7, 11) is 0. The molecule has 1 heterocycles. The number of amides is 1. The molecular formula is C17H23N5O3. The molecule has 0 spiro atoms. The average Bonchev–Trinajstić information content (AvgIpc) is 2.49. The van der Waals surface area contributed by atoms with E-state index in [0.29, 0.717) is 0 Å². The van der Waals surface area contributed by atoms with Gasteiger partial charge in [-0.3, -0.25) is 15.6 Å². The van der Waals surface area contributed by atoms with Crippen LogP contribution in [0.2, 0.25) is 0 Å². The van der Waals surface area contributed by atoms with Crippen LogP contribution in [0.5, 0.6) is 0 Å². The maximum atomic E-state index is 11.6. The van der Waals surface area contributed by atoms with Crippen molar-refractivity contribution in [1.29, 1.82) is 10.8 Å². The van der Waals surface area contributed by atoms with Gasteiger partial charge in [-0.1, -0.05) is 13.8 Å². The Morgan fingerprint density at radius 2 is 2.00 bits per heavy atom. The van der Waals surface area contributed by atoms with Crippen LogP contribution in [0.4, 0.5) is 4.79 Å². The zero-order valence-corrected chi connectivity index (χ0v) is 15.1. The molecule has 0 fully saturated rings. The van der Waals surface area contributed by atoms with Crippen molar-refractivity contribution in [3.05, 3.63) is 23.3 Å². The lowest BCUT2D eigenvalue weighted by Crippen LogP contribution is -2.40. The number of hydrogen-bond donors (Lipinski definition) is 3. The van der Waals surface area contributed by atoms with E-state index >= 15 is 0 Å². The molecule has 8 heteroatoms. The van der Waals surface area contributed by atoms with E-state index in [1.165, 1.54) is 12.1 Å². The van der Waals surface area contributed by atoms with E-state index in [9.17, 15) is 9.59 Å². The third-order valence-electron chi connectivity index (χ3n) is 2.73. The first-order valence-corrected chi connectivity index (χ1v) is 7.75. The number of carbonyl (C=O) groups is 2. The number of carbonyl (C=O) groups excluding carboxylic acids is 2. The highest BCUT2D eigenvalue weighted by atomic mass is 16.6. The van der Waals surface area contributed by atoms with Gasteiger partial charge in [-0.25, -0.2) is 4.79 Å². The second-order valence-corrected chi connectivity index (χ2v) is 6.59. The van der Waals surface area contributed by atoms with Crippen LogP contribution in [-0.2, 0) is 9.53 Å². The van der Waals surface area contributed by atoms with Crippen LogP contribution in [0, 0.1) is 28.6 Å². The van der Waals surface area contributed by atoms with Gasteiger partial charge in [-0.15, -0.1) is 0 Å². The molecule has 8 nitrogen and oxygen atoms in total. The molecule has 134 valence electrons. The van der Waals surface area contributed by atoms with Gasteiger partial charge in [0.05, 0.1) is 6.54 Å². The minimum absolute atomic E-state index is 0.0447. The van der Waals surface area contributed by atoms with Crippen molar-refractivity contribution in [2.45, 2.75) is 40.2 Å². The quantitative estimate of drug-likeness (QED) is 0.434. The fraction of sp³-hybridized carbons (Fsp3) is 0.471. The van der Waals surface area contributed by atoms with E-state index in [0.717, 1.165) is 4.68 Å². The number of hydrogen-bond acceptors (Lipinski definition) is 6. The van der Waals surface area contributed by atoms with Crippen molar-refractivity contribution in [3.63, 3.8) is 0 Å². The van der Waals surface area contributed by atoms with Crippen LogP contribution in [0.15, 0.2) is 12.1 Å². The molecule has 0 bridgehead atoms. The lowest BCUT2D eigenvalue weighted by molar-refractivity contribution is -0.116. The predicted octanol–water partition coefficient (Wildman–Crippen LogP) is 1.29. The van der Waals surface area contributed by atoms with E-state index < -0.39 is 11.7 Å². The molecule has 1 rings (SSSR count). The van der Waals surface area contributed by atoms with E-state index in [2.05, 4.69) is 22.3 Å². The summed E-state index contributed by atoms with van der Waals surface area (Å²) in [4.78, 5) is 23.2. The highest BCUT2D eigenvalue weighted by Crippen LogP contribution is 2.06. The van der Waals surface area contributed by atoms with Crippen LogP contribution in [0.25, 0.3) is 0 Å². The van der Waals surface area contributed by atoms with E-state index in [1.54, 1.807) is 34.6 Å². The molecule has 0 radical (unpaired) electrons. The lowest BCUT2D eigenvalue weighted by atomic mass is 10.1. The molecule has 1 aromatic rings. The smallest absolute Gasteiger partial charge is 0.408 e. The molecular weight excluding hydrogens is 322 g/mol. The maximum Gasteiger partial charge on any atom is 0.408 e. The van der Waals surface area contributed by atoms with Crippen molar-refractivity contribution < 1.29 is 14.3 Å². The summed E-state index contributed by atoms with van der Waals surface area (Å²) >= 11 is 0. The largest absolute Gasteiger partial charge is 0.444 e. The van der Waals surface area contributed by atoms with Crippen molar-refractivity contribution in [3.8, 4) is 11.8 Å². The first kappa shape index (κ1) is 20.1. The molecule has 0 aliphatic heterocycles. The second kappa shape index (κ2) is 8.24. The van der Waals surface area contributed by atoms with Crippen molar-refractivity contribution in [2.75, 3.05) is 6.54 Å². The predicted molar refractivity (Wildman–Crippen MR) is 92.2 cm³/mol. The van der Waals surface area contributed by atoms with Crippen molar-refractivity contribution >= 4 is 17.7 Å². The summed E-state index contributed by atoms with van der Waals surface area (Å²) in [5, 5.41) is 22.3. The summed E-state index contributed by atoms with van der Waals surface area (Å²) in [6.07, 6.45) is -0.664. The van der Waals surface area contributed by atoms with E-state index in [4.69, 9.17) is 15.6 Å². The maximum absolute atomic E-state index is 11.6. The first-order valence-electron chi connectivity index (χ1n) is 7.75. The number of aromatic nitrogens is 2. The molecule has 1 amide bonds. The van der Waals surface area contributed by atoms with Gasteiger partial charge in [0.15, 0.2) is 0 Å². The Hall–Kier alpha value is -2.95. The number of nitrogens with one attached hydrogen (secondary N) is 3. The molecule has 0 unspecified atom stereocenters. The average molecular weight is 345 g/mol. The summed E-state index contributed by atoms with van der Waals surface area (Å²) in [6.45, 7) is 8.52. The second-order valence-electron chi connectivity index (χ2n) is 6.59. The van der Waals surface area contributed by atoms with Gasteiger partial charge in [-0.05, 0) is 44.7 Å². The van der Waals surface area contributed by atoms with Crippen LogP contribution in [0.3, 0.4) is 0 Å². The van der Waals surface area contributed by atoms with Crippen LogP contribution in [-0.4, -0.2) is 39.6 Å². The van der Waals surface area contributed by atoms with Crippen LogP contribution in [0.1, 0.15) is 40.3 Å². The lowest BCUT2D eigenvalue weighted by Gasteiger charge is -2.19. The third-order valence-corrected chi connectivity index (χ3v) is 2.73. The fourth-order valence-electron chi connectivity index (χ4n) is 1.51. The Morgan fingerprint density at radius 1 is 1.36 bits per heavy atom. The molecule has 0 saturated carbocycles. The molecule has 0 saturated heterocycles. The molecule has 1 aromatic heterocycles. The van der Waals surface area contributed by atoms with Gasteiger partial charge in [0, 0.05) is 5.92 Å². The van der Waals surface area contributed by atoms with Crippen LogP contribution >= 0.6 is 0 Å². The molecule has 0 atom stereocenters. The Kier molecular flexibility index (Phi) is 6.62. The van der Waals surface area contributed by atoms with E-state index in [1.807, 2.05) is 0 Å². The zero-order chi connectivity index (χ0) is 19.2. The first-order chi connectivity index (χ1) is 11.5. The summed E-state index contributed by atoms with van der Waals surface area (Å²) in [5.41, 5.74) is -0.430. The highest BCUT2D eigenvalue weighted by molar-refractivity contribution is 5.97. The summed E-state index contributed by atoms with van der Waals surface area (Å²) < 4.78 is 6.11.